The van der Waals surface area contributed by atoms with Gasteiger partial charge in [0, 0.05) is 13.6 Å². The predicted octanol–water partition coefficient (Wildman–Crippen LogP) is 1.78. The minimum Gasteiger partial charge on any atom is -0.480 e. The van der Waals surface area contributed by atoms with E-state index in [-0.39, 0.29) is 24.9 Å². The van der Waals surface area contributed by atoms with E-state index >= 15 is 0 Å². The lowest BCUT2D eigenvalue weighted by Gasteiger charge is -2.24. The standard InChI is InChI=1S/C15H22N2O3.ClH/c1-11-7-5-6-8-13(11)9-17(4)14(18)10-16(3)12(2)15(19)20;/h5-8,12H,9-10H2,1-4H3,(H,19,20);1H. The molecule has 1 unspecified atom stereocenters. The Kier molecular flexibility index (Phi) is 7.99. The Morgan fingerprint density at radius 2 is 1.81 bits per heavy atom. The molecule has 0 bridgehead atoms. The molecule has 1 amide bonds. The number of carboxylic acids is 1. The van der Waals surface area contributed by atoms with Gasteiger partial charge in [0.05, 0.1) is 6.54 Å². The fraction of sp³-hybridized carbons (Fsp3) is 0.467. The summed E-state index contributed by atoms with van der Waals surface area (Å²) in [5.41, 5.74) is 2.23. The van der Waals surface area contributed by atoms with Crippen LogP contribution in [0, 0.1) is 6.92 Å². The van der Waals surface area contributed by atoms with Crippen molar-refractivity contribution < 1.29 is 14.7 Å². The van der Waals surface area contributed by atoms with Gasteiger partial charge in [-0.25, -0.2) is 0 Å². The number of amides is 1. The number of benzene rings is 1. The molecule has 5 nitrogen and oxygen atoms in total. The lowest BCUT2D eigenvalue weighted by molar-refractivity contribution is -0.143. The second-order valence-electron chi connectivity index (χ2n) is 5.11. The Morgan fingerprint density at radius 3 is 2.33 bits per heavy atom. The molecular formula is C15H23ClN2O3. The van der Waals surface area contributed by atoms with Crippen LogP contribution in [0.3, 0.4) is 0 Å². The second-order valence-corrected chi connectivity index (χ2v) is 5.11. The second kappa shape index (κ2) is 8.64. The Morgan fingerprint density at radius 1 is 1.24 bits per heavy atom. The third-order valence-electron chi connectivity index (χ3n) is 3.50. The van der Waals surface area contributed by atoms with Gasteiger partial charge in [-0.2, -0.15) is 0 Å². The fourth-order valence-corrected chi connectivity index (χ4v) is 1.79. The molecule has 0 aliphatic rings. The van der Waals surface area contributed by atoms with Crippen LogP contribution >= 0.6 is 12.4 Å². The van der Waals surface area contributed by atoms with Crippen molar-refractivity contribution in [3.8, 4) is 0 Å². The Labute approximate surface area is 132 Å². The average molecular weight is 315 g/mol. The number of aliphatic carboxylic acids is 1. The van der Waals surface area contributed by atoms with E-state index in [2.05, 4.69) is 0 Å². The molecule has 6 heteroatoms. The van der Waals surface area contributed by atoms with E-state index in [1.54, 1.807) is 25.9 Å². The average Bonchev–Trinajstić information content (AvgIpc) is 2.40. The van der Waals surface area contributed by atoms with E-state index in [9.17, 15) is 9.59 Å². The first-order valence-electron chi connectivity index (χ1n) is 6.54. The molecule has 21 heavy (non-hydrogen) atoms. The molecule has 1 N–H and O–H groups in total. The van der Waals surface area contributed by atoms with Gasteiger partial charge in [-0.15, -0.1) is 12.4 Å². The van der Waals surface area contributed by atoms with Gasteiger partial charge in [-0.3, -0.25) is 14.5 Å². The van der Waals surface area contributed by atoms with E-state index < -0.39 is 12.0 Å². The number of hydrogen-bond acceptors (Lipinski definition) is 3. The zero-order valence-corrected chi connectivity index (χ0v) is 13.7. The molecular weight excluding hydrogens is 292 g/mol. The van der Waals surface area contributed by atoms with Crippen molar-refractivity contribution in [3.05, 3.63) is 35.4 Å². The highest BCUT2D eigenvalue weighted by molar-refractivity contribution is 5.85. The molecule has 1 rings (SSSR count). The number of rotatable bonds is 6. The van der Waals surface area contributed by atoms with Gasteiger partial charge in [0.2, 0.25) is 5.91 Å². The summed E-state index contributed by atoms with van der Waals surface area (Å²) in [6.45, 7) is 4.19. The largest absolute Gasteiger partial charge is 0.480 e. The summed E-state index contributed by atoms with van der Waals surface area (Å²) >= 11 is 0. The van der Waals surface area contributed by atoms with E-state index in [1.165, 1.54) is 4.90 Å². The van der Waals surface area contributed by atoms with Gasteiger partial charge in [-0.05, 0) is 32.0 Å². The van der Waals surface area contributed by atoms with Crippen LogP contribution < -0.4 is 0 Å². The predicted molar refractivity (Wildman–Crippen MR) is 84.6 cm³/mol. The van der Waals surface area contributed by atoms with Crippen LogP contribution in [0.2, 0.25) is 0 Å². The molecule has 0 radical (unpaired) electrons. The maximum atomic E-state index is 12.1. The van der Waals surface area contributed by atoms with Crippen LogP contribution in [0.25, 0.3) is 0 Å². The first-order chi connectivity index (χ1) is 9.32. The van der Waals surface area contributed by atoms with Crippen LogP contribution in [0.5, 0.6) is 0 Å². The molecule has 1 atom stereocenters. The van der Waals surface area contributed by atoms with Crippen LogP contribution in [-0.4, -0.2) is 53.5 Å². The van der Waals surface area contributed by atoms with Crippen LogP contribution in [0.15, 0.2) is 24.3 Å². The minimum atomic E-state index is -0.929. The number of carbonyl (C=O) groups is 2. The molecule has 0 saturated heterocycles. The minimum absolute atomic E-state index is 0. The normalized spacial score (nSPS) is 11.7. The zero-order chi connectivity index (χ0) is 15.3. The number of halogens is 1. The molecule has 0 saturated carbocycles. The van der Waals surface area contributed by atoms with Crippen LogP contribution in [-0.2, 0) is 16.1 Å². The fourth-order valence-electron chi connectivity index (χ4n) is 1.79. The molecule has 0 aliphatic carbocycles. The van der Waals surface area contributed by atoms with Crippen molar-refractivity contribution in [1.29, 1.82) is 0 Å². The topological polar surface area (TPSA) is 60.9 Å². The third-order valence-corrected chi connectivity index (χ3v) is 3.50. The number of likely N-dealkylation sites (N-methyl/N-ethyl adjacent to an activating group) is 2. The van der Waals surface area contributed by atoms with Crippen LogP contribution in [0.1, 0.15) is 18.1 Å². The maximum Gasteiger partial charge on any atom is 0.320 e. The van der Waals surface area contributed by atoms with Crippen molar-refractivity contribution in [3.63, 3.8) is 0 Å². The molecule has 0 fully saturated rings. The smallest absolute Gasteiger partial charge is 0.320 e. The summed E-state index contributed by atoms with van der Waals surface area (Å²) in [6, 6.07) is 7.22. The number of nitrogens with zero attached hydrogens (tertiary/aromatic N) is 2. The highest BCUT2D eigenvalue weighted by Crippen LogP contribution is 2.10. The number of aryl methyl sites for hydroxylation is 1. The van der Waals surface area contributed by atoms with Crippen molar-refractivity contribution >= 4 is 24.3 Å². The van der Waals surface area contributed by atoms with E-state index in [1.807, 2.05) is 31.2 Å². The summed E-state index contributed by atoms with van der Waals surface area (Å²) in [6.07, 6.45) is 0. The molecule has 0 heterocycles. The summed E-state index contributed by atoms with van der Waals surface area (Å²) < 4.78 is 0. The Hall–Kier alpha value is -1.59. The van der Waals surface area contributed by atoms with Crippen LogP contribution in [0.4, 0.5) is 0 Å². The van der Waals surface area contributed by atoms with Crippen molar-refractivity contribution in [2.24, 2.45) is 0 Å². The lowest BCUT2D eigenvalue weighted by Crippen LogP contribution is -2.43. The monoisotopic (exact) mass is 314 g/mol. The van der Waals surface area contributed by atoms with Gasteiger partial charge in [0.15, 0.2) is 0 Å². The van der Waals surface area contributed by atoms with Crippen molar-refractivity contribution in [1.82, 2.24) is 9.80 Å². The molecule has 1 aromatic carbocycles. The Bertz CT molecular complexity index is 494. The lowest BCUT2D eigenvalue weighted by atomic mass is 10.1. The molecule has 0 aromatic heterocycles. The number of hydrogen-bond donors (Lipinski definition) is 1. The summed E-state index contributed by atoms with van der Waals surface area (Å²) in [5, 5.41) is 8.91. The zero-order valence-electron chi connectivity index (χ0n) is 12.9. The molecule has 118 valence electrons. The number of carboxylic acid groups (broad SMARTS) is 1. The highest BCUT2D eigenvalue weighted by atomic mass is 35.5. The summed E-state index contributed by atoms with van der Waals surface area (Å²) in [4.78, 5) is 26.1. The summed E-state index contributed by atoms with van der Waals surface area (Å²) in [5.74, 6) is -1.02. The van der Waals surface area contributed by atoms with Gasteiger partial charge < -0.3 is 10.0 Å². The van der Waals surface area contributed by atoms with Gasteiger partial charge in [-0.1, -0.05) is 24.3 Å². The molecule has 1 aromatic rings. The van der Waals surface area contributed by atoms with Gasteiger partial charge in [0.1, 0.15) is 6.04 Å². The van der Waals surface area contributed by atoms with E-state index in [4.69, 9.17) is 5.11 Å². The van der Waals surface area contributed by atoms with E-state index in [0.29, 0.717) is 6.54 Å². The Balaban J connectivity index is 0.00000400. The van der Waals surface area contributed by atoms with Crippen molar-refractivity contribution in [2.45, 2.75) is 26.4 Å². The first-order valence-corrected chi connectivity index (χ1v) is 6.54. The highest BCUT2D eigenvalue weighted by Gasteiger charge is 2.20. The quantitative estimate of drug-likeness (QED) is 0.869. The van der Waals surface area contributed by atoms with Gasteiger partial charge in [0.25, 0.3) is 0 Å². The molecule has 0 aliphatic heterocycles. The summed E-state index contributed by atoms with van der Waals surface area (Å²) in [7, 11) is 3.37. The van der Waals surface area contributed by atoms with Crippen molar-refractivity contribution in [2.75, 3.05) is 20.6 Å². The first kappa shape index (κ1) is 19.4. The number of carbonyl (C=O) groups excluding carboxylic acids is 1. The van der Waals surface area contributed by atoms with E-state index in [0.717, 1.165) is 11.1 Å². The third kappa shape index (κ3) is 5.73. The van der Waals surface area contributed by atoms with Gasteiger partial charge >= 0.3 is 5.97 Å². The SMILES string of the molecule is Cc1ccccc1CN(C)C(=O)CN(C)C(C)C(=O)O.Cl. The maximum absolute atomic E-state index is 12.1. The molecule has 0 spiro atoms.